The van der Waals surface area contributed by atoms with E-state index in [9.17, 15) is 24.5 Å². The number of amides is 1. The summed E-state index contributed by atoms with van der Waals surface area (Å²) < 4.78 is 5.22. The first-order chi connectivity index (χ1) is 13.7. The summed E-state index contributed by atoms with van der Waals surface area (Å²) in [4.78, 5) is 47.1. The van der Waals surface area contributed by atoms with Gasteiger partial charge in [0.2, 0.25) is 0 Å². The maximum Gasteiger partial charge on any atom is 0.319 e. The van der Waals surface area contributed by atoms with Crippen LogP contribution in [-0.4, -0.2) is 33.9 Å². The van der Waals surface area contributed by atoms with Crippen LogP contribution in [0.1, 0.15) is 31.1 Å². The Bertz CT molecular complexity index is 929. The fourth-order valence-electron chi connectivity index (χ4n) is 2.36. The minimum absolute atomic E-state index is 0.0410. The maximum atomic E-state index is 12.3. The molecule has 8 nitrogen and oxygen atoms in total. The third-order valence-corrected chi connectivity index (χ3v) is 5.01. The Morgan fingerprint density at radius 2 is 1.69 bits per heavy atom. The van der Waals surface area contributed by atoms with Crippen molar-refractivity contribution >= 4 is 40.8 Å². The van der Waals surface area contributed by atoms with Crippen LogP contribution in [0.3, 0.4) is 0 Å². The number of nitro groups is 1. The van der Waals surface area contributed by atoms with Crippen LogP contribution < -0.4 is 5.32 Å². The van der Waals surface area contributed by atoms with E-state index in [1.54, 1.807) is 43.3 Å². The number of hydrogen-bond donors (Lipinski definition) is 1. The number of para-hydroxylation sites is 1. The number of nitrogens with one attached hydrogen (secondary N) is 1. The summed E-state index contributed by atoms with van der Waals surface area (Å²) >= 11 is 1.16. The number of thioether (sulfide) groups is 1. The fraction of sp³-hybridized carbons (Fsp3) is 0.250. The first kappa shape index (κ1) is 22.1. The second-order valence-electron chi connectivity index (χ2n) is 6.18. The lowest BCUT2D eigenvalue weighted by Crippen LogP contribution is -2.32. The van der Waals surface area contributed by atoms with Crippen molar-refractivity contribution in [2.75, 3.05) is 5.32 Å². The number of hydrogen-bond acceptors (Lipinski definition) is 7. The molecule has 0 bridgehead atoms. The van der Waals surface area contributed by atoms with Crippen molar-refractivity contribution in [1.82, 2.24) is 0 Å². The number of rotatable bonds is 8. The van der Waals surface area contributed by atoms with Gasteiger partial charge in [0.05, 0.1) is 10.6 Å². The van der Waals surface area contributed by atoms with Gasteiger partial charge in [0.15, 0.2) is 11.9 Å². The molecule has 0 radical (unpaired) electrons. The summed E-state index contributed by atoms with van der Waals surface area (Å²) in [5.74, 6) is -1.35. The molecule has 0 fully saturated rings. The number of ketones is 1. The van der Waals surface area contributed by atoms with E-state index < -0.39 is 28.2 Å². The van der Waals surface area contributed by atoms with Gasteiger partial charge < -0.3 is 10.1 Å². The normalized spacial score (nSPS) is 12.5. The molecular weight excluding hydrogens is 396 g/mol. The second kappa shape index (κ2) is 9.83. The Morgan fingerprint density at radius 1 is 1.07 bits per heavy atom. The van der Waals surface area contributed by atoms with Gasteiger partial charge in [0.25, 0.3) is 11.6 Å². The predicted molar refractivity (Wildman–Crippen MR) is 109 cm³/mol. The van der Waals surface area contributed by atoms with E-state index >= 15 is 0 Å². The number of anilines is 1. The number of ether oxygens (including phenoxy) is 1. The first-order valence-corrected chi connectivity index (χ1v) is 9.59. The zero-order valence-corrected chi connectivity index (χ0v) is 16.9. The monoisotopic (exact) mass is 416 g/mol. The summed E-state index contributed by atoms with van der Waals surface area (Å²) in [7, 11) is 0. The SMILES string of the molecule is CC(=O)c1ccccc1NC(=O)[C@H](C)OC(=O)[C@H](C)Sc1ccc([N+](=O)[O-])cc1. The van der Waals surface area contributed by atoms with E-state index in [0.717, 1.165) is 11.8 Å². The van der Waals surface area contributed by atoms with E-state index in [-0.39, 0.29) is 11.5 Å². The van der Waals surface area contributed by atoms with Crippen LogP contribution in [0.15, 0.2) is 53.4 Å². The maximum absolute atomic E-state index is 12.3. The van der Waals surface area contributed by atoms with Crippen LogP contribution in [-0.2, 0) is 14.3 Å². The number of benzene rings is 2. The molecule has 9 heteroatoms. The molecule has 152 valence electrons. The Labute approximate surface area is 171 Å². The standard InChI is InChI=1S/C20H20N2O6S/c1-12(23)17-6-4-5-7-18(17)21-19(24)13(2)28-20(25)14(3)29-16-10-8-15(9-11-16)22(26)27/h4-11,13-14H,1-3H3,(H,21,24)/t13-,14-/m0/s1. The average molecular weight is 416 g/mol. The fourth-order valence-corrected chi connectivity index (χ4v) is 3.21. The number of nitro benzene ring substituents is 1. The number of carbonyl (C=O) groups excluding carboxylic acids is 3. The molecule has 0 aliphatic carbocycles. The largest absolute Gasteiger partial charge is 0.452 e. The molecule has 0 aliphatic rings. The summed E-state index contributed by atoms with van der Waals surface area (Å²) in [5, 5.41) is 12.7. The summed E-state index contributed by atoms with van der Waals surface area (Å²) in [6.07, 6.45) is -1.07. The van der Waals surface area contributed by atoms with Gasteiger partial charge >= 0.3 is 5.97 Å². The molecule has 0 aliphatic heterocycles. The Kier molecular flexibility index (Phi) is 7.49. The van der Waals surface area contributed by atoms with Gasteiger partial charge in [-0.3, -0.25) is 24.5 Å². The summed E-state index contributed by atoms with van der Waals surface area (Å²) in [5.41, 5.74) is 0.670. The van der Waals surface area contributed by atoms with Crippen molar-refractivity contribution in [3.05, 3.63) is 64.2 Å². The number of carbonyl (C=O) groups is 3. The van der Waals surface area contributed by atoms with Crippen LogP contribution in [0.25, 0.3) is 0 Å². The lowest BCUT2D eigenvalue weighted by molar-refractivity contribution is -0.384. The van der Waals surface area contributed by atoms with Crippen molar-refractivity contribution in [3.8, 4) is 0 Å². The quantitative estimate of drug-likeness (QED) is 0.228. The van der Waals surface area contributed by atoms with Gasteiger partial charge in [0, 0.05) is 22.6 Å². The van der Waals surface area contributed by atoms with Crippen LogP contribution in [0.5, 0.6) is 0 Å². The Balaban J connectivity index is 1.94. The molecule has 2 rings (SSSR count). The third-order valence-electron chi connectivity index (χ3n) is 3.92. The number of esters is 1. The van der Waals surface area contributed by atoms with Gasteiger partial charge in [0.1, 0.15) is 5.25 Å². The molecule has 0 unspecified atom stereocenters. The lowest BCUT2D eigenvalue weighted by Gasteiger charge is -2.17. The highest BCUT2D eigenvalue weighted by molar-refractivity contribution is 8.00. The minimum atomic E-state index is -1.07. The molecule has 2 aromatic carbocycles. The lowest BCUT2D eigenvalue weighted by atomic mass is 10.1. The van der Waals surface area contributed by atoms with Gasteiger partial charge in [-0.05, 0) is 45.0 Å². The van der Waals surface area contributed by atoms with Crippen LogP contribution in [0.2, 0.25) is 0 Å². The zero-order valence-electron chi connectivity index (χ0n) is 16.1. The topological polar surface area (TPSA) is 116 Å². The molecule has 0 saturated carbocycles. The molecule has 1 amide bonds. The van der Waals surface area contributed by atoms with Crippen molar-refractivity contribution in [2.24, 2.45) is 0 Å². The van der Waals surface area contributed by atoms with Gasteiger partial charge in [-0.1, -0.05) is 12.1 Å². The van der Waals surface area contributed by atoms with Crippen molar-refractivity contribution in [1.29, 1.82) is 0 Å². The second-order valence-corrected chi connectivity index (χ2v) is 7.60. The molecule has 0 spiro atoms. The average Bonchev–Trinajstić information content (AvgIpc) is 2.68. The van der Waals surface area contributed by atoms with Crippen LogP contribution >= 0.6 is 11.8 Å². The van der Waals surface area contributed by atoms with Crippen molar-refractivity contribution < 1.29 is 24.0 Å². The first-order valence-electron chi connectivity index (χ1n) is 8.71. The van der Waals surface area contributed by atoms with Gasteiger partial charge in [-0.15, -0.1) is 11.8 Å². The van der Waals surface area contributed by atoms with E-state index in [0.29, 0.717) is 16.1 Å². The van der Waals surface area contributed by atoms with E-state index in [1.165, 1.54) is 26.0 Å². The van der Waals surface area contributed by atoms with Gasteiger partial charge in [-0.2, -0.15) is 0 Å². The van der Waals surface area contributed by atoms with Crippen molar-refractivity contribution in [3.63, 3.8) is 0 Å². The van der Waals surface area contributed by atoms with E-state index in [2.05, 4.69) is 5.32 Å². The minimum Gasteiger partial charge on any atom is -0.452 e. The highest BCUT2D eigenvalue weighted by Gasteiger charge is 2.23. The van der Waals surface area contributed by atoms with Crippen LogP contribution in [0.4, 0.5) is 11.4 Å². The molecule has 0 heterocycles. The highest BCUT2D eigenvalue weighted by atomic mass is 32.2. The van der Waals surface area contributed by atoms with Gasteiger partial charge in [-0.25, -0.2) is 0 Å². The molecule has 0 saturated heterocycles. The van der Waals surface area contributed by atoms with E-state index in [1.807, 2.05) is 0 Å². The Hall–Kier alpha value is -3.20. The van der Waals surface area contributed by atoms with E-state index in [4.69, 9.17) is 4.74 Å². The summed E-state index contributed by atoms with van der Waals surface area (Å²) in [6.45, 7) is 4.45. The number of nitrogens with zero attached hydrogens (tertiary/aromatic N) is 1. The zero-order chi connectivity index (χ0) is 21.6. The Morgan fingerprint density at radius 3 is 2.28 bits per heavy atom. The number of Topliss-reactive ketones (excluding diaryl/α,β-unsaturated/α-hetero) is 1. The smallest absolute Gasteiger partial charge is 0.319 e. The molecule has 2 aromatic rings. The molecule has 0 aromatic heterocycles. The highest BCUT2D eigenvalue weighted by Crippen LogP contribution is 2.26. The van der Waals surface area contributed by atoms with Crippen molar-refractivity contribution in [2.45, 2.75) is 37.0 Å². The molecular formula is C20H20N2O6S. The summed E-state index contributed by atoms with van der Waals surface area (Å²) in [6, 6.07) is 12.3. The number of non-ortho nitro benzene ring substituents is 1. The van der Waals surface area contributed by atoms with Crippen LogP contribution in [0, 0.1) is 10.1 Å². The molecule has 1 N–H and O–H groups in total. The molecule has 29 heavy (non-hydrogen) atoms. The third kappa shape index (κ3) is 6.15. The predicted octanol–water partition coefficient (Wildman–Crippen LogP) is 3.85. The molecule has 2 atom stereocenters.